The van der Waals surface area contributed by atoms with Gasteiger partial charge in [-0.25, -0.2) is 14.7 Å². The summed E-state index contributed by atoms with van der Waals surface area (Å²) >= 11 is 6.42. The zero-order chi connectivity index (χ0) is 18.8. The van der Waals surface area contributed by atoms with Gasteiger partial charge in [-0.05, 0) is 59.1 Å². The van der Waals surface area contributed by atoms with Gasteiger partial charge in [0.05, 0.1) is 16.5 Å². The summed E-state index contributed by atoms with van der Waals surface area (Å²) in [5.41, 5.74) is 2.61. The molecule has 0 saturated carbocycles. The van der Waals surface area contributed by atoms with Gasteiger partial charge in [0.1, 0.15) is 0 Å². The van der Waals surface area contributed by atoms with Gasteiger partial charge in [-0.3, -0.25) is 4.79 Å². The van der Waals surface area contributed by atoms with Gasteiger partial charge < -0.3 is 9.64 Å². The van der Waals surface area contributed by atoms with E-state index < -0.39 is 6.23 Å². The van der Waals surface area contributed by atoms with Crippen molar-refractivity contribution < 1.29 is 14.3 Å². The van der Waals surface area contributed by atoms with Gasteiger partial charge in [0.25, 0.3) is 0 Å². The molecule has 1 aliphatic heterocycles. The average molecular weight is 458 g/mol. The Balaban J connectivity index is 1.57. The highest BCUT2D eigenvalue weighted by atomic mass is 79.9. The van der Waals surface area contributed by atoms with E-state index in [1.807, 2.05) is 0 Å². The highest BCUT2D eigenvalue weighted by Gasteiger charge is 2.40. The van der Waals surface area contributed by atoms with Crippen LogP contribution in [0.2, 0.25) is 0 Å². The number of thiazole rings is 1. The minimum atomic E-state index is -0.635. The summed E-state index contributed by atoms with van der Waals surface area (Å²) in [6, 6.07) is -0.214. The van der Waals surface area contributed by atoms with E-state index >= 15 is 0 Å². The molecule has 1 unspecified atom stereocenters. The number of aryl methyl sites for hydroxylation is 2. The maximum Gasteiger partial charge on any atom is 0.329 e. The maximum absolute atomic E-state index is 12.4. The number of carbonyl (C=O) groups excluding carboxylic acids is 2. The number of anilines is 1. The van der Waals surface area contributed by atoms with Gasteiger partial charge in [0.2, 0.25) is 6.23 Å². The van der Waals surface area contributed by atoms with Crippen LogP contribution in [-0.4, -0.2) is 41.7 Å². The molecule has 2 aromatic heterocycles. The molecule has 2 amide bonds. The largest absolute Gasteiger partial charge is 0.439 e. The second-order valence-electron chi connectivity index (χ2n) is 6.25. The molecule has 0 aliphatic carbocycles. The summed E-state index contributed by atoms with van der Waals surface area (Å²) in [6.45, 7) is 4.55. The summed E-state index contributed by atoms with van der Waals surface area (Å²) in [6.07, 6.45) is 2.94. The standard InChI is InChI=1S/C17H20BrN3O3S2/c1-10-9-25-12(11(10)2)5-4-6-15(22)24-14-8-20(3)17(23)21(14)16-19-7-13(18)26-16/h7,9,14H,4-6,8H2,1-3H3. The molecule has 0 aromatic carbocycles. The quantitative estimate of drug-likeness (QED) is 0.604. The molecule has 1 aliphatic rings. The predicted molar refractivity (Wildman–Crippen MR) is 107 cm³/mol. The van der Waals surface area contributed by atoms with Crippen LogP contribution in [0.3, 0.4) is 0 Å². The number of esters is 1. The third kappa shape index (κ3) is 4.10. The second kappa shape index (κ2) is 8.06. The lowest BCUT2D eigenvalue weighted by Gasteiger charge is -2.20. The highest BCUT2D eigenvalue weighted by Crippen LogP contribution is 2.32. The molecule has 26 heavy (non-hydrogen) atoms. The van der Waals surface area contributed by atoms with E-state index in [1.54, 1.807) is 24.6 Å². The Morgan fingerprint density at radius 2 is 2.23 bits per heavy atom. The molecule has 2 aromatic rings. The number of likely N-dealkylation sites (N-methyl/N-ethyl adjacent to an activating group) is 1. The minimum Gasteiger partial charge on any atom is -0.439 e. The Bertz CT molecular complexity index is 820. The summed E-state index contributed by atoms with van der Waals surface area (Å²) in [7, 11) is 1.69. The van der Waals surface area contributed by atoms with E-state index in [9.17, 15) is 9.59 Å². The first kappa shape index (κ1) is 19.3. The van der Waals surface area contributed by atoms with E-state index in [0.29, 0.717) is 18.1 Å². The molecule has 6 nitrogen and oxygen atoms in total. The van der Waals surface area contributed by atoms with Crippen LogP contribution < -0.4 is 4.90 Å². The first-order chi connectivity index (χ1) is 12.4. The number of amides is 2. The number of hydrogen-bond donors (Lipinski definition) is 0. The van der Waals surface area contributed by atoms with E-state index in [4.69, 9.17) is 4.74 Å². The van der Waals surface area contributed by atoms with E-state index in [0.717, 1.165) is 16.6 Å². The van der Waals surface area contributed by atoms with Crippen LogP contribution in [0, 0.1) is 13.8 Å². The molecule has 3 rings (SSSR count). The van der Waals surface area contributed by atoms with Crippen LogP contribution in [0.1, 0.15) is 28.8 Å². The lowest BCUT2D eigenvalue weighted by atomic mass is 10.1. The Morgan fingerprint density at radius 1 is 1.46 bits per heavy atom. The number of carbonyl (C=O) groups is 2. The molecule has 1 saturated heterocycles. The number of urea groups is 1. The average Bonchev–Trinajstić information content (AvgIpc) is 3.22. The molecule has 1 fully saturated rings. The van der Waals surface area contributed by atoms with Gasteiger partial charge in [-0.1, -0.05) is 11.3 Å². The number of nitrogens with zero attached hydrogens (tertiary/aromatic N) is 3. The summed E-state index contributed by atoms with van der Waals surface area (Å²) < 4.78 is 6.40. The Kier molecular flexibility index (Phi) is 5.99. The lowest BCUT2D eigenvalue weighted by molar-refractivity contribution is -0.148. The molecular weight excluding hydrogens is 438 g/mol. The molecule has 0 bridgehead atoms. The number of ether oxygens (including phenoxy) is 1. The van der Waals surface area contributed by atoms with Crippen LogP contribution >= 0.6 is 38.6 Å². The zero-order valence-electron chi connectivity index (χ0n) is 14.8. The number of halogens is 1. The molecule has 3 heterocycles. The van der Waals surface area contributed by atoms with Crippen molar-refractivity contribution in [1.82, 2.24) is 9.88 Å². The fourth-order valence-electron chi connectivity index (χ4n) is 2.76. The Labute approximate surface area is 168 Å². The van der Waals surface area contributed by atoms with Crippen LogP contribution in [0.25, 0.3) is 0 Å². The van der Waals surface area contributed by atoms with Gasteiger partial charge in [0, 0.05) is 18.3 Å². The molecular formula is C17H20BrN3O3S2. The van der Waals surface area contributed by atoms with Gasteiger partial charge in [-0.2, -0.15) is 0 Å². The van der Waals surface area contributed by atoms with Crippen molar-refractivity contribution in [2.24, 2.45) is 0 Å². The molecule has 0 spiro atoms. The van der Waals surface area contributed by atoms with Crippen molar-refractivity contribution in [3.8, 4) is 0 Å². The summed E-state index contributed by atoms with van der Waals surface area (Å²) in [5.74, 6) is -0.287. The van der Waals surface area contributed by atoms with Crippen LogP contribution in [0.15, 0.2) is 15.4 Å². The molecule has 1 atom stereocenters. The Morgan fingerprint density at radius 3 is 2.85 bits per heavy atom. The summed E-state index contributed by atoms with van der Waals surface area (Å²) in [5, 5.41) is 2.67. The number of aromatic nitrogens is 1. The third-order valence-corrected chi connectivity index (χ3v) is 7.10. The predicted octanol–water partition coefficient (Wildman–Crippen LogP) is 4.35. The fourth-order valence-corrected chi connectivity index (χ4v) is 5.07. The molecule has 9 heteroatoms. The first-order valence-corrected chi connectivity index (χ1v) is 10.7. The molecule has 140 valence electrons. The minimum absolute atomic E-state index is 0.214. The van der Waals surface area contributed by atoms with Gasteiger partial charge in [-0.15, -0.1) is 11.3 Å². The van der Waals surface area contributed by atoms with Crippen LogP contribution in [0.4, 0.5) is 9.93 Å². The summed E-state index contributed by atoms with van der Waals surface area (Å²) in [4.78, 5) is 33.1. The maximum atomic E-state index is 12.4. The van der Waals surface area contributed by atoms with Crippen LogP contribution in [-0.2, 0) is 16.0 Å². The Hall–Kier alpha value is -1.45. The van der Waals surface area contributed by atoms with E-state index in [-0.39, 0.29) is 12.0 Å². The van der Waals surface area contributed by atoms with Crippen molar-refractivity contribution in [3.63, 3.8) is 0 Å². The van der Waals surface area contributed by atoms with Crippen molar-refractivity contribution >= 4 is 55.7 Å². The van der Waals surface area contributed by atoms with Crippen LogP contribution in [0.5, 0.6) is 0 Å². The number of hydrogen-bond acceptors (Lipinski definition) is 6. The zero-order valence-corrected chi connectivity index (χ0v) is 18.0. The lowest BCUT2D eigenvalue weighted by Crippen LogP contribution is -2.37. The van der Waals surface area contributed by atoms with Gasteiger partial charge in [0.15, 0.2) is 5.13 Å². The molecule has 0 radical (unpaired) electrons. The van der Waals surface area contributed by atoms with E-state index in [1.165, 1.54) is 37.1 Å². The van der Waals surface area contributed by atoms with Crippen molar-refractivity contribution in [2.75, 3.05) is 18.5 Å². The fraction of sp³-hybridized carbons (Fsp3) is 0.471. The highest BCUT2D eigenvalue weighted by molar-refractivity contribution is 9.11. The number of thiophene rings is 1. The third-order valence-electron chi connectivity index (χ3n) is 4.36. The SMILES string of the molecule is Cc1csc(CCCC(=O)OC2CN(C)C(=O)N2c2ncc(Br)s2)c1C. The second-order valence-corrected chi connectivity index (χ2v) is 9.60. The monoisotopic (exact) mass is 457 g/mol. The van der Waals surface area contributed by atoms with Crippen molar-refractivity contribution in [1.29, 1.82) is 0 Å². The topological polar surface area (TPSA) is 62.7 Å². The number of rotatable bonds is 6. The van der Waals surface area contributed by atoms with Crippen molar-refractivity contribution in [3.05, 3.63) is 31.4 Å². The van der Waals surface area contributed by atoms with E-state index in [2.05, 4.69) is 40.1 Å². The normalized spacial score (nSPS) is 17.2. The molecule has 0 N–H and O–H groups in total. The van der Waals surface area contributed by atoms with Gasteiger partial charge >= 0.3 is 12.0 Å². The van der Waals surface area contributed by atoms with Crippen molar-refractivity contribution in [2.45, 2.75) is 39.3 Å². The first-order valence-electron chi connectivity index (χ1n) is 8.25. The smallest absolute Gasteiger partial charge is 0.329 e.